The molecule has 0 radical (unpaired) electrons. The predicted molar refractivity (Wildman–Crippen MR) is 287 cm³/mol. The van der Waals surface area contributed by atoms with Crippen molar-refractivity contribution in [2.45, 2.75) is 311 Å². The van der Waals surface area contributed by atoms with Crippen molar-refractivity contribution in [2.75, 3.05) is 0 Å². The van der Waals surface area contributed by atoms with Gasteiger partial charge in [-0.3, -0.25) is 0 Å². The fourth-order valence-corrected chi connectivity index (χ4v) is 3.20. The number of halogens is 30. The lowest BCUT2D eigenvalue weighted by molar-refractivity contribution is -0.327. The van der Waals surface area contributed by atoms with Gasteiger partial charge in [0, 0.05) is 12.8 Å². The molecule has 0 amide bonds. The zero-order valence-electron chi connectivity index (χ0n) is 54.8. The summed E-state index contributed by atoms with van der Waals surface area (Å²) in [6.07, 6.45) is -43.0. The molecule has 0 spiro atoms. The Balaban J connectivity index is -0.0000000955. The molecule has 30 heteroatoms. The SMILES string of the molecule is CC(C)(C(F)(F)F)C(F)(F)F.CC(C)(C)C(F)(F)F.CC(C)C(C)C.CCC(C)(C)C.CCC(C)C(F)(F)F.CCC(C)CC.CCCC(C(F)(F)F)C(F)(F)F.CCCCCC(F)(F)F.CCC[C@H](C)C(F)(F)F.C[C@@H](CCC(F)(F)F)C(F)(F)F. The summed E-state index contributed by atoms with van der Waals surface area (Å²) in [5, 5.41) is 0. The quantitative estimate of drug-likeness (QED) is 0.127. The molecule has 0 aliphatic rings. The summed E-state index contributed by atoms with van der Waals surface area (Å²) in [7, 11) is 0. The summed E-state index contributed by atoms with van der Waals surface area (Å²) in [6, 6.07) is 0. The van der Waals surface area contributed by atoms with Gasteiger partial charge in [-0.15, -0.1) is 0 Å². The minimum atomic E-state index is -5.24. The molecule has 1 unspecified atom stereocenters. The van der Waals surface area contributed by atoms with Gasteiger partial charge in [0.05, 0.1) is 23.2 Å². The van der Waals surface area contributed by atoms with Crippen molar-refractivity contribution in [3.63, 3.8) is 0 Å². The highest BCUT2D eigenvalue weighted by atomic mass is 19.5. The topological polar surface area (TPSA) is 0 Å². The van der Waals surface area contributed by atoms with Gasteiger partial charge in [0.2, 0.25) is 0 Å². The Morgan fingerprint density at radius 2 is 0.552 bits per heavy atom. The van der Waals surface area contributed by atoms with E-state index in [9.17, 15) is 132 Å². The molecule has 0 bridgehead atoms. The van der Waals surface area contributed by atoms with Crippen molar-refractivity contribution in [2.24, 2.45) is 57.7 Å². The Morgan fingerprint density at radius 1 is 0.287 bits per heavy atom. The fraction of sp³-hybridized carbons (Fsp3) is 1.00. The molecular weight excluding hydrogens is 1250 g/mol. The van der Waals surface area contributed by atoms with Gasteiger partial charge in [-0.2, -0.15) is 132 Å². The molecule has 0 heterocycles. The van der Waals surface area contributed by atoms with E-state index in [-0.39, 0.29) is 39.5 Å². The molecule has 0 saturated carbocycles. The molecule has 0 nitrogen and oxygen atoms in total. The van der Waals surface area contributed by atoms with Gasteiger partial charge in [-0.1, -0.05) is 190 Å². The van der Waals surface area contributed by atoms with Crippen LogP contribution in [0, 0.1) is 57.7 Å². The van der Waals surface area contributed by atoms with Gasteiger partial charge in [-0.25, -0.2) is 0 Å². The van der Waals surface area contributed by atoms with Crippen LogP contribution in [0.4, 0.5) is 132 Å². The van der Waals surface area contributed by atoms with E-state index < -0.39 is 122 Å². The Bertz CT molecular complexity index is 1450. The molecule has 0 aromatic heterocycles. The summed E-state index contributed by atoms with van der Waals surface area (Å²) in [5.41, 5.74) is -4.65. The van der Waals surface area contributed by atoms with Crippen LogP contribution >= 0.6 is 0 Å². The second kappa shape index (κ2) is 46.9. The van der Waals surface area contributed by atoms with Gasteiger partial charge in [-0.05, 0) is 69.1 Å². The van der Waals surface area contributed by atoms with Crippen LogP contribution in [0.3, 0.4) is 0 Å². The average molecular weight is 1360 g/mol. The third-order valence-electron chi connectivity index (χ3n) is 12.4. The molecule has 0 rings (SSSR count). The molecule has 542 valence electrons. The standard InChI is InChI=1S/2C6H8F6.2C6H11F3.3C6H14.C5H6F6.2C5H9F3/c1-4(6(10,11)12)2-3-5(7,8)9;1-2-3-4(5(7,8)9)6(10,11)12;1-3-4-5(2)6(7,8)9;1-2-3-4-5-6(7,8)9;1-5-6(2,3)4;1-5(2)6(3)4;1-4-6(3)5-2;1-3(2,4(6,7)8)5(9,10)11;1-4(2,3)5(6,7)8;1-3-4(2)5(6,7)8/h2*4H,2-3H2,1H3;5H,3-4H2,1-2H3;2-5H2,1H3;5H2,1-4H3;5-6H,1-4H3;6H,4-5H2,1-3H3;1-2H3;1-3H3;4H,3H2,1-2H3/t4-;;5-;;;;;;;/m0.0......./s1. The van der Waals surface area contributed by atoms with Crippen LogP contribution in [0.25, 0.3) is 0 Å². The van der Waals surface area contributed by atoms with E-state index in [4.69, 9.17) is 0 Å². The Labute approximate surface area is 499 Å². The van der Waals surface area contributed by atoms with Crippen LogP contribution in [0.2, 0.25) is 0 Å². The first-order valence-corrected chi connectivity index (χ1v) is 28.3. The number of hydrogen-bond acceptors (Lipinski definition) is 0. The second-order valence-corrected chi connectivity index (χ2v) is 23.9. The first-order chi connectivity index (χ1) is 37.6. The van der Waals surface area contributed by atoms with Crippen molar-refractivity contribution in [1.29, 1.82) is 0 Å². The maximum absolute atomic E-state index is 11.7. The zero-order valence-corrected chi connectivity index (χ0v) is 54.8. The molecule has 0 N–H and O–H groups in total. The smallest absolute Gasteiger partial charge is 0.171 e. The number of hydrogen-bond donors (Lipinski definition) is 0. The summed E-state index contributed by atoms with van der Waals surface area (Å²) >= 11 is 0. The van der Waals surface area contributed by atoms with E-state index in [0.717, 1.165) is 51.9 Å². The fourth-order valence-electron chi connectivity index (χ4n) is 3.20. The lowest BCUT2D eigenvalue weighted by atomic mass is 9.92. The minimum absolute atomic E-state index is 0.104. The van der Waals surface area contributed by atoms with Gasteiger partial charge >= 0.3 is 61.8 Å². The van der Waals surface area contributed by atoms with Crippen molar-refractivity contribution in [3.8, 4) is 0 Å². The highest BCUT2D eigenvalue weighted by Gasteiger charge is 2.64. The predicted octanol–water partition coefficient (Wildman–Crippen LogP) is 28.7. The second-order valence-electron chi connectivity index (χ2n) is 23.9. The van der Waals surface area contributed by atoms with Crippen LogP contribution < -0.4 is 0 Å². The molecule has 87 heavy (non-hydrogen) atoms. The normalized spacial score (nSPS) is 14.0. The third-order valence-corrected chi connectivity index (χ3v) is 12.4. The molecule has 0 aromatic rings. The first-order valence-electron chi connectivity index (χ1n) is 28.3. The first kappa shape index (κ1) is 107. The number of rotatable bonds is 13. The van der Waals surface area contributed by atoms with Crippen LogP contribution in [-0.2, 0) is 0 Å². The maximum atomic E-state index is 11.7. The van der Waals surface area contributed by atoms with Crippen LogP contribution in [0.5, 0.6) is 0 Å². The summed E-state index contributed by atoms with van der Waals surface area (Å²) < 4.78 is 347. The Morgan fingerprint density at radius 3 is 0.644 bits per heavy atom. The van der Waals surface area contributed by atoms with Crippen molar-refractivity contribution >= 4 is 0 Å². The molecule has 0 aliphatic carbocycles. The Hall–Kier alpha value is -2.10. The summed E-state index contributed by atoms with van der Waals surface area (Å²) in [4.78, 5) is 0. The molecular formula is C57H104F30. The van der Waals surface area contributed by atoms with E-state index in [0.29, 0.717) is 18.3 Å². The zero-order chi connectivity index (χ0) is 73.4. The largest absolute Gasteiger partial charge is 0.402 e. The molecule has 0 aromatic carbocycles. The summed E-state index contributed by atoms with van der Waals surface area (Å²) in [6.45, 7) is 37.9. The summed E-state index contributed by atoms with van der Waals surface area (Å²) in [5.74, 6) is -4.71. The van der Waals surface area contributed by atoms with Gasteiger partial charge in [0.1, 0.15) is 0 Å². The van der Waals surface area contributed by atoms with Crippen molar-refractivity contribution in [1.82, 2.24) is 0 Å². The van der Waals surface area contributed by atoms with E-state index in [1.54, 1.807) is 6.92 Å². The highest BCUT2D eigenvalue weighted by Crippen LogP contribution is 2.49. The van der Waals surface area contributed by atoms with E-state index >= 15 is 0 Å². The van der Waals surface area contributed by atoms with E-state index in [1.165, 1.54) is 47.0 Å². The number of unbranched alkanes of at least 4 members (excludes halogenated alkanes) is 2. The molecule has 0 saturated heterocycles. The average Bonchev–Trinajstić information content (AvgIpc) is 3.27. The lowest BCUT2D eigenvalue weighted by Gasteiger charge is -2.29. The lowest BCUT2D eigenvalue weighted by Crippen LogP contribution is -2.44. The van der Waals surface area contributed by atoms with Crippen LogP contribution in [0.1, 0.15) is 249 Å². The van der Waals surface area contributed by atoms with Crippen LogP contribution in [-0.4, -0.2) is 61.8 Å². The van der Waals surface area contributed by atoms with Gasteiger partial charge < -0.3 is 0 Å². The van der Waals surface area contributed by atoms with Crippen LogP contribution in [0.15, 0.2) is 0 Å². The van der Waals surface area contributed by atoms with Gasteiger partial charge in [0.15, 0.2) is 11.3 Å². The van der Waals surface area contributed by atoms with Gasteiger partial charge in [0.25, 0.3) is 0 Å². The number of alkyl halides is 30. The van der Waals surface area contributed by atoms with Crippen molar-refractivity contribution < 1.29 is 132 Å². The van der Waals surface area contributed by atoms with E-state index in [2.05, 4.69) is 76.2 Å². The minimum Gasteiger partial charge on any atom is -0.171 e. The highest BCUT2D eigenvalue weighted by molar-refractivity contribution is 4.84. The molecule has 0 fully saturated rings. The third kappa shape index (κ3) is 76.3. The maximum Gasteiger partial charge on any atom is 0.402 e. The van der Waals surface area contributed by atoms with Crippen molar-refractivity contribution in [3.05, 3.63) is 0 Å². The monoisotopic (exact) mass is 1360 g/mol. The Kier molecular flexibility index (Phi) is 57.4. The molecule has 3 atom stereocenters. The van der Waals surface area contributed by atoms with E-state index in [1.807, 2.05) is 6.92 Å². The molecule has 0 aliphatic heterocycles.